The molecule has 0 aromatic heterocycles. The van der Waals surface area contributed by atoms with E-state index in [2.05, 4.69) is 6.58 Å². The summed E-state index contributed by atoms with van der Waals surface area (Å²) in [5, 5.41) is 18.8. The number of rotatable bonds is 4. The molecule has 22 heavy (non-hydrogen) atoms. The van der Waals surface area contributed by atoms with E-state index in [0.29, 0.717) is 12.2 Å². The van der Waals surface area contributed by atoms with Gasteiger partial charge in [-0.15, -0.1) is 0 Å². The van der Waals surface area contributed by atoms with Crippen LogP contribution in [0.15, 0.2) is 47.9 Å². The number of hydrogen-bond acceptors (Lipinski definition) is 6. The summed E-state index contributed by atoms with van der Waals surface area (Å²) in [6, 6.07) is 5.78. The molecule has 0 unspecified atom stereocenters. The van der Waals surface area contributed by atoms with Gasteiger partial charge < -0.3 is 19.8 Å². The van der Waals surface area contributed by atoms with Gasteiger partial charge in [-0.3, -0.25) is 4.55 Å². The Labute approximate surface area is 172 Å². The van der Waals surface area contributed by atoms with Crippen molar-refractivity contribution >= 4 is 28.1 Å². The van der Waals surface area contributed by atoms with E-state index in [4.69, 9.17) is 4.55 Å². The first-order chi connectivity index (χ1) is 9.16. The number of carbonyl (C=O) groups is 2. The van der Waals surface area contributed by atoms with E-state index in [0.717, 1.165) is 5.56 Å². The maximum atomic E-state index is 10.6. The Bertz CT molecular complexity index is 605. The largest absolute Gasteiger partial charge is 1.00 e. The van der Waals surface area contributed by atoms with Crippen molar-refractivity contribution in [3.8, 4) is 0 Å². The third-order valence-electron chi connectivity index (χ3n) is 1.77. The number of carboxylic acid groups (broad SMARTS) is 2. The molecular weight excluding hydrogens is 334 g/mol. The maximum Gasteiger partial charge on any atom is 1.00 e. The van der Waals surface area contributed by atoms with Crippen LogP contribution in [0.1, 0.15) is 5.56 Å². The maximum absolute atomic E-state index is 10.6. The van der Waals surface area contributed by atoms with Crippen LogP contribution in [-0.2, 0) is 19.7 Å². The molecule has 10 heteroatoms. The standard InChI is InChI=1S/C8H8O3S.C4H4O4.2Na/c1-2-7-3-5-8(6-4-7)12(9,10)11;5-3(6)1-2-4(7)8;;/h2-6H,1H2,(H,9,10,11);1-2H,(H,5,6)(H,7,8);;/q;;2*+1/p-2/b;2-1-;;. The molecule has 0 fully saturated rings. The van der Waals surface area contributed by atoms with Crippen molar-refractivity contribution < 1.29 is 91.9 Å². The zero-order chi connectivity index (χ0) is 15.8. The summed E-state index contributed by atoms with van der Waals surface area (Å²) in [6.45, 7) is 3.51. The molecule has 0 heterocycles. The Morgan fingerprint density at radius 3 is 1.59 bits per heavy atom. The molecule has 1 aromatic rings. The van der Waals surface area contributed by atoms with Gasteiger partial charge in [-0.05, 0) is 29.8 Å². The van der Waals surface area contributed by atoms with Crippen LogP contribution in [0, 0.1) is 0 Å². The van der Waals surface area contributed by atoms with Gasteiger partial charge in [0.1, 0.15) is 0 Å². The van der Waals surface area contributed by atoms with Crippen molar-refractivity contribution in [2.45, 2.75) is 4.90 Å². The van der Waals surface area contributed by atoms with Gasteiger partial charge in [-0.2, -0.15) is 8.42 Å². The Balaban J connectivity index is -0.000000323. The normalized spacial score (nSPS) is 9.50. The van der Waals surface area contributed by atoms with Crippen LogP contribution in [0.25, 0.3) is 6.08 Å². The van der Waals surface area contributed by atoms with E-state index in [1.165, 1.54) is 12.1 Å². The number of aliphatic carboxylic acids is 2. The molecule has 0 saturated carbocycles. The van der Waals surface area contributed by atoms with Crippen LogP contribution in [0.4, 0.5) is 0 Å². The second-order valence-corrected chi connectivity index (χ2v) is 4.64. The average Bonchev–Trinajstić information content (AvgIpc) is 2.36. The molecule has 1 rings (SSSR count). The van der Waals surface area contributed by atoms with Crippen LogP contribution < -0.4 is 69.3 Å². The summed E-state index contributed by atoms with van der Waals surface area (Å²) in [5.74, 6) is -3.09. The summed E-state index contributed by atoms with van der Waals surface area (Å²) in [6.07, 6.45) is 2.36. The first kappa shape index (κ1) is 26.4. The molecule has 108 valence electrons. The van der Waals surface area contributed by atoms with Crippen molar-refractivity contribution in [1.82, 2.24) is 0 Å². The summed E-state index contributed by atoms with van der Waals surface area (Å²) < 4.78 is 29.7. The van der Waals surface area contributed by atoms with E-state index < -0.39 is 22.1 Å². The molecule has 0 saturated heterocycles. The Morgan fingerprint density at radius 2 is 1.36 bits per heavy atom. The summed E-state index contributed by atoms with van der Waals surface area (Å²) in [7, 11) is -4.06. The molecular formula is C12H10Na2O7S. The van der Waals surface area contributed by atoms with Gasteiger partial charge in [0.25, 0.3) is 10.1 Å². The zero-order valence-electron chi connectivity index (χ0n) is 12.1. The molecule has 0 radical (unpaired) electrons. The summed E-state index contributed by atoms with van der Waals surface area (Å²) >= 11 is 0. The molecule has 0 amide bonds. The number of carbonyl (C=O) groups excluding carboxylic acids is 2. The molecule has 0 atom stereocenters. The van der Waals surface area contributed by atoms with E-state index >= 15 is 0 Å². The van der Waals surface area contributed by atoms with Crippen LogP contribution in [-0.4, -0.2) is 24.9 Å². The van der Waals surface area contributed by atoms with Gasteiger partial charge in [0, 0.05) is 0 Å². The first-order valence-corrected chi connectivity index (χ1v) is 6.41. The van der Waals surface area contributed by atoms with Crippen LogP contribution in [0.5, 0.6) is 0 Å². The van der Waals surface area contributed by atoms with Crippen LogP contribution in [0.3, 0.4) is 0 Å². The van der Waals surface area contributed by atoms with Crippen molar-refractivity contribution in [2.75, 3.05) is 0 Å². The van der Waals surface area contributed by atoms with Crippen LogP contribution in [0.2, 0.25) is 0 Å². The van der Waals surface area contributed by atoms with Gasteiger partial charge in [0.05, 0.1) is 16.8 Å². The first-order valence-electron chi connectivity index (χ1n) is 4.97. The quantitative estimate of drug-likeness (QED) is 0.326. The minimum absolute atomic E-state index is 0. The Kier molecular flexibility index (Phi) is 15.7. The van der Waals surface area contributed by atoms with Crippen molar-refractivity contribution in [3.05, 3.63) is 48.6 Å². The van der Waals surface area contributed by atoms with Gasteiger partial charge in [0.15, 0.2) is 0 Å². The van der Waals surface area contributed by atoms with Crippen molar-refractivity contribution in [1.29, 1.82) is 0 Å². The van der Waals surface area contributed by atoms with Gasteiger partial charge in [0.2, 0.25) is 0 Å². The summed E-state index contributed by atoms with van der Waals surface area (Å²) in [4.78, 5) is 18.7. The second-order valence-electron chi connectivity index (χ2n) is 3.22. The van der Waals surface area contributed by atoms with Crippen molar-refractivity contribution in [3.63, 3.8) is 0 Å². The number of hydrogen-bond donors (Lipinski definition) is 1. The molecule has 0 aliphatic heterocycles. The zero-order valence-corrected chi connectivity index (χ0v) is 16.9. The predicted molar refractivity (Wildman–Crippen MR) is 65.5 cm³/mol. The second kappa shape index (κ2) is 13.0. The van der Waals surface area contributed by atoms with Gasteiger partial charge >= 0.3 is 59.1 Å². The Hall–Kier alpha value is -0.450. The summed E-state index contributed by atoms with van der Waals surface area (Å²) in [5.41, 5.74) is 0.808. The molecule has 0 aliphatic rings. The molecule has 0 bridgehead atoms. The minimum atomic E-state index is -4.06. The number of benzene rings is 1. The molecule has 1 aromatic carbocycles. The van der Waals surface area contributed by atoms with Crippen LogP contribution >= 0.6 is 0 Å². The molecule has 0 aliphatic carbocycles. The SMILES string of the molecule is C=Cc1ccc(S(=O)(=O)O)cc1.O=C([O-])/C=C\C(=O)[O-].[Na+].[Na+]. The average molecular weight is 344 g/mol. The van der Waals surface area contributed by atoms with E-state index in [9.17, 15) is 28.2 Å². The molecule has 1 N–H and O–H groups in total. The van der Waals surface area contributed by atoms with E-state index in [1.807, 2.05) is 0 Å². The van der Waals surface area contributed by atoms with E-state index in [-0.39, 0.29) is 64.0 Å². The minimum Gasteiger partial charge on any atom is -0.545 e. The Morgan fingerprint density at radius 1 is 1.00 bits per heavy atom. The fourth-order valence-corrected chi connectivity index (χ4v) is 1.39. The number of carboxylic acids is 2. The topological polar surface area (TPSA) is 135 Å². The monoisotopic (exact) mass is 344 g/mol. The molecule has 7 nitrogen and oxygen atoms in total. The third-order valence-corrected chi connectivity index (χ3v) is 2.64. The molecule has 0 spiro atoms. The smallest absolute Gasteiger partial charge is 0.545 e. The van der Waals surface area contributed by atoms with Gasteiger partial charge in [-0.25, -0.2) is 0 Å². The fourth-order valence-electron chi connectivity index (χ4n) is 0.912. The fraction of sp³-hybridized carbons (Fsp3) is 0. The third kappa shape index (κ3) is 13.2. The van der Waals surface area contributed by atoms with Gasteiger partial charge in [-0.1, -0.05) is 24.8 Å². The van der Waals surface area contributed by atoms with Crippen molar-refractivity contribution in [2.24, 2.45) is 0 Å². The van der Waals surface area contributed by atoms with E-state index in [1.54, 1.807) is 18.2 Å². The predicted octanol–water partition coefficient (Wildman–Crippen LogP) is -7.37.